The van der Waals surface area contributed by atoms with Crippen molar-refractivity contribution in [2.45, 2.75) is 56.7 Å². The Morgan fingerprint density at radius 2 is 1.77 bits per heavy atom. The molecule has 0 bridgehead atoms. The molecule has 1 fully saturated rings. The Kier molecular flexibility index (Phi) is 8.48. The van der Waals surface area contributed by atoms with Crippen LogP contribution in [0.2, 0.25) is 0 Å². The van der Waals surface area contributed by atoms with Crippen molar-refractivity contribution in [2.24, 2.45) is 0 Å². The molecular weight excluding hydrogens is 590 g/mol. The number of alkyl halides is 6. The van der Waals surface area contributed by atoms with Gasteiger partial charge in [-0.1, -0.05) is 0 Å². The number of aromatic nitrogens is 1. The first kappa shape index (κ1) is 31.7. The fraction of sp³-hybridized carbons (Fsp3) is 0.407. The van der Waals surface area contributed by atoms with Gasteiger partial charge in [-0.05, 0) is 57.0 Å². The molecule has 2 aromatic carbocycles. The van der Waals surface area contributed by atoms with Gasteiger partial charge in [0, 0.05) is 40.5 Å². The van der Waals surface area contributed by atoms with Gasteiger partial charge in [0.05, 0.1) is 29.7 Å². The molecule has 232 valence electrons. The third-order valence-electron chi connectivity index (χ3n) is 7.16. The van der Waals surface area contributed by atoms with E-state index in [0.717, 1.165) is 13.0 Å². The van der Waals surface area contributed by atoms with Gasteiger partial charge >= 0.3 is 12.4 Å². The number of rotatable bonds is 8. The van der Waals surface area contributed by atoms with Gasteiger partial charge in [-0.2, -0.15) is 26.3 Å². The van der Waals surface area contributed by atoms with Crippen molar-refractivity contribution in [1.82, 2.24) is 4.98 Å². The van der Waals surface area contributed by atoms with E-state index in [9.17, 15) is 51.2 Å². The van der Waals surface area contributed by atoms with E-state index in [1.54, 1.807) is 6.07 Å². The number of amides is 1. The standard InChI is InChI=1S/C27H26F6N4O6/c1-14-3-5-17(36(14)16-6-7-21-18(10-16)19(26(28,29)30)11-23(38)35-21)12-43-13-25(2,40)24(39)34-15-4-8-22(37(41)42)20(9-15)27(31,32)33/h4,6-11,14,17,40H,3,5,12-13H2,1-2H3,(H,34,39)(H,35,38)/t14-,17-,25?/m1/s1. The van der Waals surface area contributed by atoms with Gasteiger partial charge in [-0.15, -0.1) is 0 Å². The van der Waals surface area contributed by atoms with Crippen molar-refractivity contribution in [3.05, 3.63) is 74.1 Å². The summed E-state index contributed by atoms with van der Waals surface area (Å²) in [6.45, 7) is 2.29. The number of hydrogen-bond acceptors (Lipinski definition) is 7. The lowest BCUT2D eigenvalue weighted by Crippen LogP contribution is -2.45. The number of nitro groups is 1. The number of pyridine rings is 1. The highest BCUT2D eigenvalue weighted by Crippen LogP contribution is 2.39. The number of aliphatic hydroxyl groups is 1. The van der Waals surface area contributed by atoms with Crippen molar-refractivity contribution in [1.29, 1.82) is 0 Å². The van der Waals surface area contributed by atoms with E-state index in [4.69, 9.17) is 4.74 Å². The molecule has 2 heterocycles. The highest BCUT2D eigenvalue weighted by Gasteiger charge is 2.40. The predicted octanol–water partition coefficient (Wildman–Crippen LogP) is 5.24. The van der Waals surface area contributed by atoms with E-state index in [2.05, 4.69) is 10.3 Å². The maximum atomic E-state index is 13.6. The van der Waals surface area contributed by atoms with Gasteiger partial charge < -0.3 is 25.0 Å². The molecule has 1 saturated heterocycles. The lowest BCUT2D eigenvalue weighted by molar-refractivity contribution is -0.388. The van der Waals surface area contributed by atoms with E-state index < -0.39 is 63.5 Å². The fourth-order valence-corrected chi connectivity index (χ4v) is 5.06. The van der Waals surface area contributed by atoms with Gasteiger partial charge in [0.15, 0.2) is 5.60 Å². The van der Waals surface area contributed by atoms with Crippen molar-refractivity contribution >= 4 is 33.9 Å². The lowest BCUT2D eigenvalue weighted by atomic mass is 10.1. The molecule has 3 aromatic rings. The molecule has 3 atom stereocenters. The fourth-order valence-electron chi connectivity index (χ4n) is 5.06. The minimum Gasteiger partial charge on any atom is -0.378 e. The van der Waals surface area contributed by atoms with Crippen LogP contribution >= 0.6 is 0 Å². The molecule has 0 radical (unpaired) electrons. The van der Waals surface area contributed by atoms with Gasteiger partial charge in [0.2, 0.25) is 5.56 Å². The van der Waals surface area contributed by atoms with Crippen LogP contribution in [0.4, 0.5) is 43.4 Å². The third kappa shape index (κ3) is 6.91. The van der Waals surface area contributed by atoms with Crippen molar-refractivity contribution in [3.63, 3.8) is 0 Å². The summed E-state index contributed by atoms with van der Waals surface area (Å²) < 4.78 is 86.3. The molecular formula is C27H26F6N4O6. The highest BCUT2D eigenvalue weighted by atomic mass is 19.4. The van der Waals surface area contributed by atoms with Crippen LogP contribution in [0, 0.1) is 10.1 Å². The van der Waals surface area contributed by atoms with Gasteiger partial charge in [-0.25, -0.2) is 0 Å². The molecule has 1 aliphatic heterocycles. The van der Waals surface area contributed by atoms with E-state index >= 15 is 0 Å². The van der Waals surface area contributed by atoms with E-state index in [0.29, 0.717) is 36.7 Å². The van der Waals surface area contributed by atoms with Gasteiger partial charge in [0.1, 0.15) is 5.56 Å². The topological polar surface area (TPSA) is 138 Å². The predicted molar refractivity (Wildman–Crippen MR) is 143 cm³/mol. The number of ether oxygens (including phenoxy) is 1. The molecule has 1 amide bonds. The van der Waals surface area contributed by atoms with Gasteiger partial charge in [-0.3, -0.25) is 19.7 Å². The second-order valence-corrected chi connectivity index (χ2v) is 10.5. The number of benzene rings is 2. The monoisotopic (exact) mass is 616 g/mol. The lowest BCUT2D eigenvalue weighted by Gasteiger charge is -2.32. The van der Waals surface area contributed by atoms with Crippen LogP contribution in [-0.2, 0) is 21.9 Å². The van der Waals surface area contributed by atoms with E-state index in [-0.39, 0.29) is 29.6 Å². The Morgan fingerprint density at radius 3 is 2.40 bits per heavy atom. The average Bonchev–Trinajstić information content (AvgIpc) is 3.26. The number of carbonyl (C=O) groups is 1. The molecule has 16 heteroatoms. The van der Waals surface area contributed by atoms with Crippen molar-refractivity contribution in [3.8, 4) is 0 Å². The summed E-state index contributed by atoms with van der Waals surface area (Å²) >= 11 is 0. The summed E-state index contributed by atoms with van der Waals surface area (Å²) in [6.07, 6.45) is -8.62. The number of anilines is 2. The maximum Gasteiger partial charge on any atom is 0.423 e. The quantitative estimate of drug-likeness (QED) is 0.179. The zero-order valence-corrected chi connectivity index (χ0v) is 22.7. The molecule has 0 aliphatic carbocycles. The highest BCUT2D eigenvalue weighted by molar-refractivity contribution is 5.97. The second kappa shape index (κ2) is 11.5. The van der Waals surface area contributed by atoms with Gasteiger partial charge in [0.25, 0.3) is 11.6 Å². The minimum absolute atomic E-state index is 0.0145. The summed E-state index contributed by atoms with van der Waals surface area (Å²) in [5, 5.41) is 23.5. The van der Waals surface area contributed by atoms with Crippen LogP contribution in [0.3, 0.4) is 0 Å². The first-order valence-electron chi connectivity index (χ1n) is 12.9. The molecule has 3 N–H and O–H groups in total. The Labute approximate surface area is 239 Å². The van der Waals surface area contributed by atoms with E-state index in [1.165, 1.54) is 12.1 Å². The Hall–Kier alpha value is -4.18. The number of nitro benzene ring substituents is 1. The smallest absolute Gasteiger partial charge is 0.378 e. The van der Waals surface area contributed by atoms with Crippen LogP contribution in [0.1, 0.15) is 37.8 Å². The number of H-pyrrole nitrogens is 1. The van der Waals surface area contributed by atoms with Crippen LogP contribution < -0.4 is 15.8 Å². The van der Waals surface area contributed by atoms with Crippen LogP contribution in [0.5, 0.6) is 0 Å². The number of carbonyl (C=O) groups excluding carboxylic acids is 1. The number of hydrogen-bond donors (Lipinski definition) is 3. The number of nitrogens with zero attached hydrogens (tertiary/aromatic N) is 2. The SMILES string of the molecule is C[C@@H]1CC[C@H](COCC(C)(O)C(=O)Nc2ccc([N+](=O)[O-])c(C(F)(F)F)c2)N1c1ccc2[nH]c(=O)cc(C(F)(F)F)c2c1. The average molecular weight is 617 g/mol. The summed E-state index contributed by atoms with van der Waals surface area (Å²) in [7, 11) is 0. The summed E-state index contributed by atoms with van der Waals surface area (Å²) in [6, 6.07) is 6.14. The van der Waals surface area contributed by atoms with Crippen LogP contribution in [0.15, 0.2) is 47.3 Å². The summed E-state index contributed by atoms with van der Waals surface area (Å²) in [5.74, 6) is -1.13. The Morgan fingerprint density at radius 1 is 1.09 bits per heavy atom. The van der Waals surface area contributed by atoms with Crippen LogP contribution in [-0.4, -0.2) is 51.8 Å². The number of halogens is 6. The maximum absolute atomic E-state index is 13.6. The summed E-state index contributed by atoms with van der Waals surface area (Å²) in [4.78, 5) is 38.4. The largest absolute Gasteiger partial charge is 0.423 e. The molecule has 4 rings (SSSR count). The van der Waals surface area contributed by atoms with Crippen LogP contribution in [0.25, 0.3) is 10.9 Å². The summed E-state index contributed by atoms with van der Waals surface area (Å²) in [5.41, 5.74) is -6.97. The molecule has 0 spiro atoms. The zero-order chi connectivity index (χ0) is 31.9. The zero-order valence-electron chi connectivity index (χ0n) is 22.7. The molecule has 0 saturated carbocycles. The molecule has 1 aliphatic rings. The molecule has 10 nitrogen and oxygen atoms in total. The number of fused-ring (bicyclic) bond motifs is 1. The number of nitrogens with one attached hydrogen (secondary N) is 2. The normalized spacial score (nSPS) is 19.0. The van der Waals surface area contributed by atoms with Crippen molar-refractivity contribution in [2.75, 3.05) is 23.4 Å². The third-order valence-corrected chi connectivity index (χ3v) is 7.16. The Balaban J connectivity index is 1.46. The minimum atomic E-state index is -5.07. The molecule has 43 heavy (non-hydrogen) atoms. The molecule has 1 aromatic heterocycles. The first-order chi connectivity index (χ1) is 19.9. The Bertz CT molecular complexity index is 1600. The first-order valence-corrected chi connectivity index (χ1v) is 12.9. The number of aromatic amines is 1. The second-order valence-electron chi connectivity index (χ2n) is 10.5. The van der Waals surface area contributed by atoms with Crippen molar-refractivity contribution < 1.29 is 45.9 Å². The molecule has 1 unspecified atom stereocenters. The van der Waals surface area contributed by atoms with E-state index in [1.807, 2.05) is 11.8 Å².